The van der Waals surface area contributed by atoms with Gasteiger partial charge in [-0.25, -0.2) is 0 Å². The Bertz CT molecular complexity index is 498. The van der Waals surface area contributed by atoms with Crippen LogP contribution in [0, 0.1) is 10.1 Å². The van der Waals surface area contributed by atoms with Gasteiger partial charge in [-0.15, -0.1) is 9.89 Å². The molecule has 9 heteroatoms. The number of non-ortho nitro benzene ring substituents is 1. The van der Waals surface area contributed by atoms with E-state index >= 15 is 0 Å². The predicted octanol–water partition coefficient (Wildman–Crippen LogP) is 0.299. The lowest BCUT2D eigenvalue weighted by atomic mass is 10.2. The van der Waals surface area contributed by atoms with Crippen LogP contribution < -0.4 is 5.43 Å². The van der Waals surface area contributed by atoms with Gasteiger partial charge in [-0.05, 0) is 28.1 Å². The second-order valence-corrected chi connectivity index (χ2v) is 3.33. The molecule has 0 amide bonds. The molecule has 0 unspecified atom stereocenters. The van der Waals surface area contributed by atoms with Gasteiger partial charge in [0, 0.05) is 12.1 Å². The van der Waals surface area contributed by atoms with Gasteiger partial charge in [-0.2, -0.15) is 0 Å². The summed E-state index contributed by atoms with van der Waals surface area (Å²) in [6.07, 6.45) is 1.40. The van der Waals surface area contributed by atoms with Crippen molar-refractivity contribution in [3.63, 3.8) is 0 Å². The molecule has 0 bridgehead atoms. The predicted molar refractivity (Wildman–Crippen MR) is 59.9 cm³/mol. The molecule has 18 heavy (non-hydrogen) atoms. The highest BCUT2D eigenvalue weighted by atomic mass is 16.6. The fraction of sp³-hybridized carbons (Fsp3) is 0.222. The average Bonchev–Trinajstić information content (AvgIpc) is 2.88. The summed E-state index contributed by atoms with van der Waals surface area (Å²) in [5.74, 6) is 0. The summed E-state index contributed by atoms with van der Waals surface area (Å²) in [6, 6.07) is 6.17. The molecule has 1 heterocycles. The molecule has 0 fully saturated rings. The van der Waals surface area contributed by atoms with E-state index in [2.05, 4.69) is 21.0 Å². The first-order chi connectivity index (χ1) is 8.75. The van der Waals surface area contributed by atoms with Gasteiger partial charge < -0.3 is 4.74 Å². The van der Waals surface area contributed by atoms with Crippen molar-refractivity contribution in [1.82, 2.24) is 20.3 Å². The molecular formula is C9H10N6O3. The summed E-state index contributed by atoms with van der Waals surface area (Å²) in [7, 11) is 0. The Kier molecular flexibility index (Phi) is 3.76. The molecule has 0 atom stereocenters. The SMILES string of the molecule is O=[N+]([O-])c1ccc(COCNn2cnnn2)cc1. The molecule has 94 valence electrons. The third kappa shape index (κ3) is 3.22. The topological polar surface area (TPSA) is 108 Å². The van der Waals surface area contributed by atoms with Crippen LogP contribution in [0.5, 0.6) is 0 Å². The largest absolute Gasteiger partial charge is 0.355 e. The summed E-state index contributed by atoms with van der Waals surface area (Å²) >= 11 is 0. The van der Waals surface area contributed by atoms with Crippen molar-refractivity contribution in [2.24, 2.45) is 0 Å². The molecule has 2 rings (SSSR count). The summed E-state index contributed by atoms with van der Waals surface area (Å²) in [6.45, 7) is 0.565. The summed E-state index contributed by atoms with van der Waals surface area (Å²) in [4.78, 5) is 11.3. The third-order valence-electron chi connectivity index (χ3n) is 2.09. The minimum Gasteiger partial charge on any atom is -0.355 e. The van der Waals surface area contributed by atoms with E-state index in [1.807, 2.05) is 0 Å². The van der Waals surface area contributed by atoms with Crippen molar-refractivity contribution in [3.8, 4) is 0 Å². The van der Waals surface area contributed by atoms with E-state index in [1.54, 1.807) is 12.1 Å². The Morgan fingerprint density at radius 1 is 1.39 bits per heavy atom. The van der Waals surface area contributed by atoms with E-state index < -0.39 is 4.92 Å². The molecule has 9 nitrogen and oxygen atoms in total. The molecule has 0 aliphatic carbocycles. The van der Waals surface area contributed by atoms with E-state index in [4.69, 9.17) is 4.74 Å². The molecule has 0 radical (unpaired) electrons. The van der Waals surface area contributed by atoms with Crippen molar-refractivity contribution in [3.05, 3.63) is 46.3 Å². The lowest BCUT2D eigenvalue weighted by molar-refractivity contribution is -0.384. The van der Waals surface area contributed by atoms with Gasteiger partial charge in [0.15, 0.2) is 6.33 Å². The standard InChI is InChI=1S/C9H10N6O3/c16-15(17)9-3-1-8(2-4-9)5-18-7-11-14-6-10-12-13-14/h1-4,6,11H,5,7H2. The van der Waals surface area contributed by atoms with E-state index in [9.17, 15) is 10.1 Å². The lowest BCUT2D eigenvalue weighted by Gasteiger charge is -2.05. The highest BCUT2D eigenvalue weighted by Gasteiger charge is 2.03. The lowest BCUT2D eigenvalue weighted by Crippen LogP contribution is -2.18. The van der Waals surface area contributed by atoms with Gasteiger partial charge in [0.25, 0.3) is 5.69 Å². The van der Waals surface area contributed by atoms with Crippen molar-refractivity contribution in [1.29, 1.82) is 0 Å². The van der Waals surface area contributed by atoms with Crippen LogP contribution in [-0.4, -0.2) is 32.0 Å². The van der Waals surface area contributed by atoms with Gasteiger partial charge in [-0.3, -0.25) is 15.5 Å². The highest BCUT2D eigenvalue weighted by molar-refractivity contribution is 5.32. The minimum absolute atomic E-state index is 0.0607. The average molecular weight is 250 g/mol. The molecule has 1 aromatic carbocycles. The quantitative estimate of drug-likeness (QED) is 0.340. The Balaban J connectivity index is 1.75. The van der Waals surface area contributed by atoms with Crippen molar-refractivity contribution >= 4 is 5.69 Å². The molecule has 1 N–H and O–H groups in total. The van der Waals surface area contributed by atoms with Crippen LogP contribution in [0.2, 0.25) is 0 Å². The Labute approximate surface area is 101 Å². The number of benzene rings is 1. The van der Waals surface area contributed by atoms with E-state index in [1.165, 1.54) is 23.3 Å². The van der Waals surface area contributed by atoms with Gasteiger partial charge in [-0.1, -0.05) is 0 Å². The van der Waals surface area contributed by atoms with Crippen LogP contribution in [-0.2, 0) is 11.3 Å². The third-order valence-corrected chi connectivity index (χ3v) is 2.09. The van der Waals surface area contributed by atoms with Crippen LogP contribution in [0.25, 0.3) is 0 Å². The zero-order chi connectivity index (χ0) is 12.8. The molecule has 0 saturated heterocycles. The molecular weight excluding hydrogens is 240 g/mol. The fourth-order valence-corrected chi connectivity index (χ4v) is 1.23. The maximum Gasteiger partial charge on any atom is 0.269 e. The van der Waals surface area contributed by atoms with Crippen molar-refractivity contribution < 1.29 is 9.66 Å². The first kappa shape index (κ1) is 11.9. The number of hydrogen-bond donors (Lipinski definition) is 1. The minimum atomic E-state index is -0.441. The molecule has 0 aliphatic rings. The molecule has 2 aromatic rings. The van der Waals surface area contributed by atoms with Gasteiger partial charge in [0.1, 0.15) is 6.73 Å². The second kappa shape index (κ2) is 5.68. The van der Waals surface area contributed by atoms with Crippen LogP contribution >= 0.6 is 0 Å². The van der Waals surface area contributed by atoms with Gasteiger partial charge in [0.05, 0.1) is 11.5 Å². The number of nitro benzene ring substituents is 1. The van der Waals surface area contributed by atoms with E-state index in [0.29, 0.717) is 6.61 Å². The van der Waals surface area contributed by atoms with Crippen molar-refractivity contribution in [2.75, 3.05) is 12.2 Å². The zero-order valence-electron chi connectivity index (χ0n) is 9.26. The number of nitro groups is 1. The first-order valence-electron chi connectivity index (χ1n) is 5.03. The Morgan fingerprint density at radius 2 is 2.17 bits per heavy atom. The Hall–Kier alpha value is -2.55. The summed E-state index contributed by atoms with van der Waals surface area (Å²) < 4.78 is 5.30. The van der Waals surface area contributed by atoms with Crippen LogP contribution in [0.1, 0.15) is 5.56 Å². The summed E-state index contributed by atoms with van der Waals surface area (Å²) in [5.41, 5.74) is 3.68. The van der Waals surface area contributed by atoms with Gasteiger partial charge in [0.2, 0.25) is 0 Å². The van der Waals surface area contributed by atoms with Crippen molar-refractivity contribution in [2.45, 2.75) is 6.61 Å². The molecule has 0 spiro atoms. The number of hydrogen-bond acceptors (Lipinski definition) is 7. The monoisotopic (exact) mass is 250 g/mol. The number of aromatic nitrogens is 4. The summed E-state index contributed by atoms with van der Waals surface area (Å²) in [5, 5.41) is 20.9. The second-order valence-electron chi connectivity index (χ2n) is 3.33. The van der Waals surface area contributed by atoms with E-state index in [0.717, 1.165) is 5.56 Å². The molecule has 0 aliphatic heterocycles. The first-order valence-corrected chi connectivity index (χ1v) is 5.03. The maximum absolute atomic E-state index is 10.4. The number of ether oxygens (including phenoxy) is 1. The highest BCUT2D eigenvalue weighted by Crippen LogP contribution is 2.12. The smallest absolute Gasteiger partial charge is 0.269 e. The normalized spacial score (nSPS) is 10.2. The van der Waals surface area contributed by atoms with Crippen LogP contribution in [0.4, 0.5) is 5.69 Å². The zero-order valence-corrected chi connectivity index (χ0v) is 9.26. The molecule has 1 aromatic heterocycles. The number of nitrogens with one attached hydrogen (secondary N) is 1. The Morgan fingerprint density at radius 3 is 2.78 bits per heavy atom. The van der Waals surface area contributed by atoms with Crippen LogP contribution in [0.3, 0.4) is 0 Å². The number of rotatable bonds is 6. The number of tetrazole rings is 1. The van der Waals surface area contributed by atoms with E-state index in [-0.39, 0.29) is 12.4 Å². The molecule has 0 saturated carbocycles. The number of nitrogens with zero attached hydrogens (tertiary/aromatic N) is 5. The fourth-order valence-electron chi connectivity index (χ4n) is 1.23. The maximum atomic E-state index is 10.4. The van der Waals surface area contributed by atoms with Crippen LogP contribution in [0.15, 0.2) is 30.6 Å². The van der Waals surface area contributed by atoms with Gasteiger partial charge >= 0.3 is 0 Å².